The average molecular weight is 326 g/mol. The van der Waals surface area contributed by atoms with Gasteiger partial charge in [0.05, 0.1) is 0 Å². The monoisotopic (exact) mass is 326 g/mol. The maximum absolute atomic E-state index is 11.4. The molecule has 0 radical (unpaired) electrons. The first-order valence-electron chi connectivity index (χ1n) is 7.83. The number of carbonyl (C=O) groups excluding carboxylic acids is 2. The van der Waals surface area contributed by atoms with Crippen molar-refractivity contribution < 1.29 is 19.1 Å². The van der Waals surface area contributed by atoms with Crippen molar-refractivity contribution in [1.29, 1.82) is 0 Å². The molecule has 0 aromatic rings. The molecule has 0 rings (SSSR count). The molecule has 2 N–H and O–H groups in total. The number of ether oxygens (including phenoxy) is 2. The van der Waals surface area contributed by atoms with Crippen LogP contribution in [-0.2, 0) is 9.47 Å². The first-order chi connectivity index (χ1) is 10.8. The van der Waals surface area contributed by atoms with Crippen LogP contribution in [0.25, 0.3) is 0 Å². The highest BCUT2D eigenvalue weighted by Crippen LogP contribution is 2.28. The molecule has 1 atom stereocenters. The van der Waals surface area contributed by atoms with Crippen LogP contribution in [0.4, 0.5) is 9.59 Å². The molecule has 0 spiro atoms. The third-order valence-electron chi connectivity index (χ3n) is 3.23. The summed E-state index contributed by atoms with van der Waals surface area (Å²) in [5.41, 5.74) is 0.0395. The van der Waals surface area contributed by atoms with Crippen LogP contribution in [0.2, 0.25) is 0 Å². The average Bonchev–Trinajstić information content (AvgIpc) is 2.48. The van der Waals surface area contributed by atoms with Gasteiger partial charge < -0.3 is 20.1 Å². The molecule has 6 heteroatoms. The molecule has 0 aliphatic heterocycles. The van der Waals surface area contributed by atoms with E-state index in [0.717, 1.165) is 12.8 Å². The lowest BCUT2D eigenvalue weighted by molar-refractivity contribution is 0.151. The van der Waals surface area contributed by atoms with Gasteiger partial charge in [-0.05, 0) is 24.2 Å². The molecule has 0 saturated carbocycles. The van der Waals surface area contributed by atoms with Crippen molar-refractivity contribution >= 4 is 12.2 Å². The number of rotatable bonds is 11. The van der Waals surface area contributed by atoms with Gasteiger partial charge in [-0.15, -0.1) is 0 Å². The number of carbonyl (C=O) groups is 2. The van der Waals surface area contributed by atoms with Gasteiger partial charge in [0, 0.05) is 13.1 Å². The zero-order valence-electron chi connectivity index (χ0n) is 14.5. The highest BCUT2D eigenvalue weighted by atomic mass is 16.6. The van der Waals surface area contributed by atoms with Crippen molar-refractivity contribution in [3.63, 3.8) is 0 Å². The summed E-state index contributed by atoms with van der Waals surface area (Å²) in [5, 5.41) is 5.44. The van der Waals surface area contributed by atoms with Gasteiger partial charge in [-0.25, -0.2) is 9.59 Å². The van der Waals surface area contributed by atoms with Crippen molar-refractivity contribution in [2.75, 3.05) is 26.3 Å². The lowest BCUT2D eigenvalue weighted by Crippen LogP contribution is -2.32. The Hall–Kier alpha value is -1.98. The second kappa shape index (κ2) is 11.6. The Morgan fingerprint density at radius 3 is 2.13 bits per heavy atom. The van der Waals surface area contributed by atoms with Crippen LogP contribution in [0.15, 0.2) is 25.3 Å². The Bertz CT molecular complexity index is 394. The van der Waals surface area contributed by atoms with Gasteiger partial charge in [0.15, 0.2) is 0 Å². The van der Waals surface area contributed by atoms with E-state index < -0.39 is 12.2 Å². The van der Waals surface area contributed by atoms with Crippen molar-refractivity contribution in [1.82, 2.24) is 10.6 Å². The maximum atomic E-state index is 11.4. The second-order valence-corrected chi connectivity index (χ2v) is 6.31. The largest absolute Gasteiger partial charge is 0.445 e. The van der Waals surface area contributed by atoms with Crippen LogP contribution < -0.4 is 10.6 Å². The molecular formula is C17H30N2O4. The highest BCUT2D eigenvalue weighted by Gasteiger charge is 2.21. The van der Waals surface area contributed by atoms with Gasteiger partial charge >= 0.3 is 12.2 Å². The Morgan fingerprint density at radius 2 is 1.61 bits per heavy atom. The molecule has 0 aromatic heterocycles. The minimum atomic E-state index is -0.430. The Morgan fingerprint density at radius 1 is 1.09 bits per heavy atom. The van der Waals surface area contributed by atoms with Crippen LogP contribution in [0.1, 0.15) is 33.6 Å². The number of amides is 2. The topological polar surface area (TPSA) is 76.7 Å². The summed E-state index contributed by atoms with van der Waals surface area (Å²) in [4.78, 5) is 22.7. The molecule has 0 fully saturated rings. The second-order valence-electron chi connectivity index (χ2n) is 6.31. The molecule has 2 amide bonds. The summed E-state index contributed by atoms with van der Waals surface area (Å²) >= 11 is 0. The fourth-order valence-electron chi connectivity index (χ4n) is 2.25. The van der Waals surface area contributed by atoms with Gasteiger partial charge in [-0.2, -0.15) is 0 Å². The lowest BCUT2D eigenvalue weighted by Gasteiger charge is -2.28. The number of nitrogens with one attached hydrogen (secondary N) is 2. The van der Waals surface area contributed by atoms with E-state index in [1.54, 1.807) is 0 Å². The summed E-state index contributed by atoms with van der Waals surface area (Å²) in [5.74, 6) is 0.300. The molecule has 0 aliphatic rings. The Kier molecular flexibility index (Phi) is 10.6. The minimum Gasteiger partial charge on any atom is -0.445 e. The van der Waals surface area contributed by atoms with Crippen LogP contribution >= 0.6 is 0 Å². The van der Waals surface area contributed by atoms with E-state index in [0.29, 0.717) is 19.0 Å². The van der Waals surface area contributed by atoms with E-state index in [1.165, 1.54) is 12.2 Å². The van der Waals surface area contributed by atoms with E-state index >= 15 is 0 Å². The standard InChI is InChI=1S/C17H30N2O4/c1-6-10-22-15(20)18-9-8-17(4,5)12-14(3)13-19-16(21)23-11-7-2/h6-7,14H,1-2,8-13H2,3-5H3,(H,18,20)(H,19,21). The fraction of sp³-hybridized carbons (Fsp3) is 0.647. The summed E-state index contributed by atoms with van der Waals surface area (Å²) in [6, 6.07) is 0. The van der Waals surface area contributed by atoms with Crippen molar-refractivity contribution in [2.45, 2.75) is 33.6 Å². The van der Waals surface area contributed by atoms with Crippen LogP contribution in [0.3, 0.4) is 0 Å². The highest BCUT2D eigenvalue weighted by molar-refractivity contribution is 5.67. The summed E-state index contributed by atoms with van der Waals surface area (Å²) in [6.45, 7) is 14.8. The van der Waals surface area contributed by atoms with Crippen molar-refractivity contribution in [2.24, 2.45) is 11.3 Å². The molecular weight excluding hydrogens is 296 g/mol. The smallest absolute Gasteiger partial charge is 0.407 e. The molecule has 0 bridgehead atoms. The summed E-state index contributed by atoms with van der Waals surface area (Å²) in [7, 11) is 0. The van der Waals surface area contributed by atoms with Gasteiger partial charge in [0.25, 0.3) is 0 Å². The van der Waals surface area contributed by atoms with Crippen LogP contribution in [0.5, 0.6) is 0 Å². The van der Waals surface area contributed by atoms with E-state index in [-0.39, 0.29) is 18.6 Å². The molecule has 0 aromatic carbocycles. The fourth-order valence-corrected chi connectivity index (χ4v) is 2.25. The third kappa shape index (κ3) is 12.3. The molecule has 0 saturated heterocycles. The first kappa shape index (κ1) is 21.0. The van der Waals surface area contributed by atoms with Crippen molar-refractivity contribution in [3.8, 4) is 0 Å². The zero-order chi connectivity index (χ0) is 17.7. The predicted octanol–water partition coefficient (Wildman–Crippen LogP) is 3.25. The van der Waals surface area contributed by atoms with E-state index in [9.17, 15) is 9.59 Å². The minimum absolute atomic E-state index is 0.0395. The van der Waals surface area contributed by atoms with E-state index in [4.69, 9.17) is 9.47 Å². The Balaban J connectivity index is 3.95. The van der Waals surface area contributed by atoms with Gasteiger partial charge in [0.1, 0.15) is 13.2 Å². The van der Waals surface area contributed by atoms with Crippen LogP contribution in [0, 0.1) is 11.3 Å². The predicted molar refractivity (Wildman–Crippen MR) is 91.3 cm³/mol. The van der Waals surface area contributed by atoms with Gasteiger partial charge in [-0.1, -0.05) is 46.1 Å². The quantitative estimate of drug-likeness (QED) is 0.571. The molecule has 0 heterocycles. The maximum Gasteiger partial charge on any atom is 0.407 e. The summed E-state index contributed by atoms with van der Waals surface area (Å²) in [6.07, 6.45) is 3.93. The van der Waals surface area contributed by atoms with Crippen LogP contribution in [-0.4, -0.2) is 38.5 Å². The normalized spacial score (nSPS) is 12.0. The lowest BCUT2D eigenvalue weighted by atomic mass is 9.80. The molecule has 23 heavy (non-hydrogen) atoms. The number of hydrogen-bond donors (Lipinski definition) is 2. The van der Waals surface area contributed by atoms with E-state index in [2.05, 4.69) is 44.6 Å². The van der Waals surface area contributed by atoms with Gasteiger partial charge in [0.2, 0.25) is 0 Å². The van der Waals surface area contributed by atoms with Gasteiger partial charge in [-0.3, -0.25) is 0 Å². The number of alkyl carbamates (subject to hydrolysis) is 2. The SMILES string of the molecule is C=CCOC(=O)NCCC(C)(C)CC(C)CNC(=O)OCC=C. The van der Waals surface area contributed by atoms with E-state index in [1.807, 2.05) is 0 Å². The molecule has 6 nitrogen and oxygen atoms in total. The Labute approximate surface area is 139 Å². The summed E-state index contributed by atoms with van der Waals surface area (Å²) < 4.78 is 9.71. The van der Waals surface area contributed by atoms with Crippen molar-refractivity contribution in [3.05, 3.63) is 25.3 Å². The molecule has 0 aliphatic carbocycles. The first-order valence-corrected chi connectivity index (χ1v) is 7.83. The molecule has 1 unspecified atom stereocenters. The number of hydrogen-bond acceptors (Lipinski definition) is 4. The zero-order valence-corrected chi connectivity index (χ0v) is 14.5. The molecule has 132 valence electrons. The third-order valence-corrected chi connectivity index (χ3v) is 3.23.